The van der Waals surface area contributed by atoms with Gasteiger partial charge in [-0.15, -0.1) is 13.2 Å². The van der Waals surface area contributed by atoms with Gasteiger partial charge in [0.1, 0.15) is 11.6 Å². The molecular formula is C15H22F3N3O2. The van der Waals surface area contributed by atoms with Crippen LogP contribution in [0.1, 0.15) is 13.8 Å². The number of ether oxygens (including phenoxy) is 2. The molecule has 2 atom stereocenters. The maximum atomic E-state index is 12.1. The van der Waals surface area contributed by atoms with E-state index in [0.717, 1.165) is 32.4 Å². The van der Waals surface area contributed by atoms with Crippen molar-refractivity contribution in [1.82, 2.24) is 9.88 Å². The van der Waals surface area contributed by atoms with Crippen LogP contribution in [0, 0.1) is 0 Å². The number of hydrogen-bond acceptors (Lipinski definition) is 5. The highest BCUT2D eigenvalue weighted by molar-refractivity contribution is 5.39. The predicted octanol–water partition coefficient (Wildman–Crippen LogP) is 2.53. The summed E-state index contributed by atoms with van der Waals surface area (Å²) in [7, 11) is 1.86. The van der Waals surface area contributed by atoms with Crippen molar-refractivity contribution >= 4 is 5.82 Å². The van der Waals surface area contributed by atoms with E-state index in [1.807, 2.05) is 25.8 Å². The van der Waals surface area contributed by atoms with Gasteiger partial charge in [0, 0.05) is 33.2 Å². The van der Waals surface area contributed by atoms with Gasteiger partial charge in [0.25, 0.3) is 0 Å². The smallest absolute Gasteiger partial charge is 0.404 e. The van der Waals surface area contributed by atoms with Crippen molar-refractivity contribution in [2.45, 2.75) is 32.4 Å². The first kappa shape index (κ1) is 17.8. The number of halogens is 3. The van der Waals surface area contributed by atoms with E-state index in [4.69, 9.17) is 4.74 Å². The summed E-state index contributed by atoms with van der Waals surface area (Å²) in [6, 6.07) is 2.79. The van der Waals surface area contributed by atoms with Crippen LogP contribution in [-0.2, 0) is 4.74 Å². The molecule has 2 rings (SSSR count). The average Bonchev–Trinajstić information content (AvgIpc) is 2.43. The number of hydrogen-bond donors (Lipinski definition) is 0. The highest BCUT2D eigenvalue weighted by atomic mass is 19.4. The number of alkyl halides is 3. The van der Waals surface area contributed by atoms with Crippen LogP contribution in [0.4, 0.5) is 19.0 Å². The van der Waals surface area contributed by atoms with Crippen LogP contribution in [0.5, 0.6) is 5.75 Å². The fourth-order valence-electron chi connectivity index (χ4n) is 2.67. The molecule has 23 heavy (non-hydrogen) atoms. The number of rotatable bonds is 5. The lowest BCUT2D eigenvalue weighted by Gasteiger charge is -2.36. The lowest BCUT2D eigenvalue weighted by atomic mass is 10.2. The summed E-state index contributed by atoms with van der Waals surface area (Å²) in [6.07, 6.45) is -3.20. The molecule has 0 amide bonds. The maximum absolute atomic E-state index is 12.1. The molecule has 2 heterocycles. The fourth-order valence-corrected chi connectivity index (χ4v) is 2.67. The summed E-state index contributed by atoms with van der Waals surface area (Å²) in [5, 5.41) is 0. The van der Waals surface area contributed by atoms with Crippen molar-refractivity contribution in [3.8, 4) is 5.75 Å². The molecule has 1 saturated heterocycles. The summed E-state index contributed by atoms with van der Waals surface area (Å²) in [4.78, 5) is 8.24. The van der Waals surface area contributed by atoms with E-state index >= 15 is 0 Å². The summed E-state index contributed by atoms with van der Waals surface area (Å²) in [5.41, 5.74) is 0. The Balaban J connectivity index is 1.84. The van der Waals surface area contributed by atoms with Gasteiger partial charge >= 0.3 is 6.36 Å². The molecule has 0 bridgehead atoms. The van der Waals surface area contributed by atoms with E-state index in [9.17, 15) is 13.2 Å². The summed E-state index contributed by atoms with van der Waals surface area (Å²) in [6.45, 7) is 7.43. The lowest BCUT2D eigenvalue weighted by molar-refractivity contribution is -0.274. The van der Waals surface area contributed by atoms with E-state index in [-0.39, 0.29) is 18.0 Å². The zero-order valence-corrected chi connectivity index (χ0v) is 13.5. The molecule has 5 nitrogen and oxygen atoms in total. The molecule has 1 aromatic heterocycles. The Hall–Kier alpha value is -1.54. The molecule has 0 radical (unpaired) electrons. The highest BCUT2D eigenvalue weighted by Crippen LogP contribution is 2.23. The van der Waals surface area contributed by atoms with Gasteiger partial charge in [0.15, 0.2) is 0 Å². The second-order valence-corrected chi connectivity index (χ2v) is 5.84. The second-order valence-electron chi connectivity index (χ2n) is 5.84. The summed E-state index contributed by atoms with van der Waals surface area (Å²) >= 11 is 0. The van der Waals surface area contributed by atoms with Gasteiger partial charge in [-0.2, -0.15) is 0 Å². The molecule has 1 fully saturated rings. The van der Waals surface area contributed by atoms with Crippen LogP contribution in [0.25, 0.3) is 0 Å². The third-order valence-electron chi connectivity index (χ3n) is 3.59. The van der Waals surface area contributed by atoms with Crippen LogP contribution in [0.15, 0.2) is 18.3 Å². The van der Waals surface area contributed by atoms with Gasteiger partial charge in [-0.3, -0.25) is 4.90 Å². The van der Waals surface area contributed by atoms with Crippen LogP contribution in [-0.4, -0.2) is 61.7 Å². The van der Waals surface area contributed by atoms with Crippen molar-refractivity contribution < 1.29 is 22.6 Å². The Bertz CT molecular complexity index is 486. The monoisotopic (exact) mass is 333 g/mol. The first-order valence-electron chi connectivity index (χ1n) is 7.53. The van der Waals surface area contributed by atoms with E-state index in [1.54, 1.807) is 0 Å². The predicted molar refractivity (Wildman–Crippen MR) is 80.6 cm³/mol. The van der Waals surface area contributed by atoms with Crippen LogP contribution >= 0.6 is 0 Å². The molecule has 0 aliphatic carbocycles. The van der Waals surface area contributed by atoms with Gasteiger partial charge in [-0.05, 0) is 26.0 Å². The molecule has 0 N–H and O–H groups in total. The van der Waals surface area contributed by atoms with Crippen LogP contribution in [0.2, 0.25) is 0 Å². The number of anilines is 1. The fraction of sp³-hybridized carbons (Fsp3) is 0.667. The molecule has 0 aromatic carbocycles. The third kappa shape index (κ3) is 5.87. The van der Waals surface area contributed by atoms with Crippen LogP contribution < -0.4 is 9.64 Å². The van der Waals surface area contributed by atoms with Crippen molar-refractivity contribution in [1.29, 1.82) is 0 Å². The van der Waals surface area contributed by atoms with E-state index in [2.05, 4.69) is 14.6 Å². The zero-order valence-electron chi connectivity index (χ0n) is 13.5. The maximum Gasteiger partial charge on any atom is 0.573 e. The minimum Gasteiger partial charge on any atom is -0.404 e. The Morgan fingerprint density at radius 1 is 1.30 bits per heavy atom. The van der Waals surface area contributed by atoms with E-state index < -0.39 is 6.36 Å². The van der Waals surface area contributed by atoms with Crippen molar-refractivity contribution in [3.05, 3.63) is 18.3 Å². The van der Waals surface area contributed by atoms with Crippen LogP contribution in [0.3, 0.4) is 0 Å². The number of pyridine rings is 1. The van der Waals surface area contributed by atoms with E-state index in [0.29, 0.717) is 5.82 Å². The molecule has 0 spiro atoms. The largest absolute Gasteiger partial charge is 0.573 e. The lowest BCUT2D eigenvalue weighted by Crippen LogP contribution is -2.47. The topological polar surface area (TPSA) is 37.8 Å². The Kier molecular flexibility index (Phi) is 5.69. The molecule has 0 unspecified atom stereocenters. The molecular weight excluding hydrogens is 311 g/mol. The van der Waals surface area contributed by atoms with Gasteiger partial charge < -0.3 is 14.4 Å². The van der Waals surface area contributed by atoms with Gasteiger partial charge in [0.05, 0.1) is 18.4 Å². The molecule has 1 aliphatic rings. The molecule has 8 heteroatoms. The third-order valence-corrected chi connectivity index (χ3v) is 3.59. The highest BCUT2D eigenvalue weighted by Gasteiger charge is 2.31. The molecule has 130 valence electrons. The quantitative estimate of drug-likeness (QED) is 0.828. The normalized spacial score (nSPS) is 22.9. The molecule has 1 aliphatic heterocycles. The van der Waals surface area contributed by atoms with Gasteiger partial charge in [-0.1, -0.05) is 0 Å². The standard InChI is InChI=1S/C15H22F3N3O2/c1-11-9-21(10-12(2)22-11)7-6-20(3)14-5-4-13(8-19-14)23-15(16,17)18/h4-5,8,11-12H,6-7,9-10H2,1-3H3/t11-,12+. The molecule has 1 aromatic rings. The number of nitrogens with zero attached hydrogens (tertiary/aromatic N) is 3. The summed E-state index contributed by atoms with van der Waals surface area (Å²) in [5.74, 6) is 0.291. The van der Waals surface area contributed by atoms with Crippen molar-refractivity contribution in [3.63, 3.8) is 0 Å². The van der Waals surface area contributed by atoms with Crippen molar-refractivity contribution in [2.24, 2.45) is 0 Å². The first-order valence-corrected chi connectivity index (χ1v) is 7.53. The van der Waals surface area contributed by atoms with Gasteiger partial charge in [-0.25, -0.2) is 4.98 Å². The van der Waals surface area contributed by atoms with E-state index in [1.165, 1.54) is 12.1 Å². The second kappa shape index (κ2) is 7.35. The Morgan fingerprint density at radius 2 is 1.96 bits per heavy atom. The average molecular weight is 333 g/mol. The minimum atomic E-state index is -4.70. The number of morpholine rings is 1. The Morgan fingerprint density at radius 3 is 2.48 bits per heavy atom. The Labute approximate surface area is 134 Å². The number of likely N-dealkylation sites (N-methyl/N-ethyl adjacent to an activating group) is 1. The number of aromatic nitrogens is 1. The first-order chi connectivity index (χ1) is 10.7. The summed E-state index contributed by atoms with van der Waals surface area (Å²) < 4.78 is 45.8. The zero-order chi connectivity index (χ0) is 17.0. The van der Waals surface area contributed by atoms with Crippen molar-refractivity contribution in [2.75, 3.05) is 38.1 Å². The molecule has 0 saturated carbocycles. The van der Waals surface area contributed by atoms with Gasteiger partial charge in [0.2, 0.25) is 0 Å². The SMILES string of the molecule is C[C@@H]1CN(CCN(C)c2ccc(OC(F)(F)F)cn2)C[C@H](C)O1. The minimum absolute atomic E-state index is 0.209.